The number of aliphatic hydroxyl groups excluding tert-OH is 1. The molecule has 0 fully saturated rings. The zero-order valence-electron chi connectivity index (χ0n) is 9.63. The SMILES string of the molecule is Cc1nnc(CNC(CO)c2ccccc2)o1. The topological polar surface area (TPSA) is 71.2 Å². The fourth-order valence-corrected chi connectivity index (χ4v) is 1.59. The molecule has 0 amide bonds. The summed E-state index contributed by atoms with van der Waals surface area (Å²) in [4.78, 5) is 0. The minimum atomic E-state index is -0.122. The summed E-state index contributed by atoms with van der Waals surface area (Å²) in [6.07, 6.45) is 0. The van der Waals surface area contributed by atoms with E-state index in [4.69, 9.17) is 4.42 Å². The molecule has 0 spiro atoms. The molecule has 1 aromatic heterocycles. The van der Waals surface area contributed by atoms with Crippen molar-refractivity contribution in [3.05, 3.63) is 47.7 Å². The summed E-state index contributed by atoms with van der Waals surface area (Å²) in [6, 6.07) is 9.63. The van der Waals surface area contributed by atoms with Gasteiger partial charge in [0.1, 0.15) is 0 Å². The number of nitrogens with one attached hydrogen (secondary N) is 1. The molecule has 0 aliphatic rings. The third-order valence-corrected chi connectivity index (χ3v) is 2.45. The minimum Gasteiger partial charge on any atom is -0.424 e. The van der Waals surface area contributed by atoms with Crippen LogP contribution in [0.3, 0.4) is 0 Å². The van der Waals surface area contributed by atoms with E-state index < -0.39 is 0 Å². The maximum absolute atomic E-state index is 9.33. The number of aliphatic hydroxyl groups is 1. The van der Waals surface area contributed by atoms with Gasteiger partial charge in [-0.15, -0.1) is 10.2 Å². The Bertz CT molecular complexity index is 456. The Labute approximate surface area is 99.5 Å². The molecule has 0 saturated carbocycles. The van der Waals surface area contributed by atoms with E-state index in [9.17, 15) is 5.11 Å². The Balaban J connectivity index is 1.97. The van der Waals surface area contributed by atoms with E-state index >= 15 is 0 Å². The molecule has 5 heteroatoms. The third-order valence-electron chi connectivity index (χ3n) is 2.45. The first kappa shape index (κ1) is 11.8. The summed E-state index contributed by atoms with van der Waals surface area (Å²) in [5, 5.41) is 20.1. The molecular weight excluding hydrogens is 218 g/mol. The molecule has 1 heterocycles. The molecule has 1 unspecified atom stereocenters. The highest BCUT2D eigenvalue weighted by Crippen LogP contribution is 2.12. The van der Waals surface area contributed by atoms with E-state index in [0.29, 0.717) is 18.3 Å². The molecule has 2 N–H and O–H groups in total. The van der Waals surface area contributed by atoms with Crippen LogP contribution in [0.1, 0.15) is 23.4 Å². The van der Waals surface area contributed by atoms with Gasteiger partial charge in [-0.1, -0.05) is 30.3 Å². The van der Waals surface area contributed by atoms with Gasteiger partial charge in [0, 0.05) is 6.92 Å². The standard InChI is InChI=1S/C12H15N3O2/c1-9-14-15-12(17-9)7-13-11(8-16)10-5-3-2-4-6-10/h2-6,11,13,16H,7-8H2,1H3. The number of hydrogen-bond acceptors (Lipinski definition) is 5. The van der Waals surface area contributed by atoms with Crippen LogP contribution in [0.15, 0.2) is 34.7 Å². The highest BCUT2D eigenvalue weighted by Gasteiger charge is 2.10. The molecule has 90 valence electrons. The summed E-state index contributed by atoms with van der Waals surface area (Å²) in [5.41, 5.74) is 1.03. The number of nitrogens with zero attached hydrogens (tertiary/aromatic N) is 2. The molecule has 2 aromatic rings. The first-order valence-corrected chi connectivity index (χ1v) is 5.48. The fourth-order valence-electron chi connectivity index (χ4n) is 1.59. The van der Waals surface area contributed by atoms with Crippen molar-refractivity contribution in [3.8, 4) is 0 Å². The fraction of sp³-hybridized carbons (Fsp3) is 0.333. The van der Waals surface area contributed by atoms with Crippen LogP contribution in [-0.4, -0.2) is 21.9 Å². The van der Waals surface area contributed by atoms with Crippen LogP contribution >= 0.6 is 0 Å². The highest BCUT2D eigenvalue weighted by molar-refractivity contribution is 5.18. The number of aryl methyl sites for hydroxylation is 1. The van der Waals surface area contributed by atoms with Crippen molar-refractivity contribution in [2.24, 2.45) is 0 Å². The van der Waals surface area contributed by atoms with Gasteiger partial charge in [-0.25, -0.2) is 0 Å². The van der Waals surface area contributed by atoms with Gasteiger partial charge in [-0.2, -0.15) is 0 Å². The van der Waals surface area contributed by atoms with E-state index in [-0.39, 0.29) is 12.6 Å². The zero-order chi connectivity index (χ0) is 12.1. The molecular formula is C12H15N3O2. The molecule has 1 atom stereocenters. The van der Waals surface area contributed by atoms with E-state index in [1.54, 1.807) is 6.92 Å². The lowest BCUT2D eigenvalue weighted by Crippen LogP contribution is -2.24. The van der Waals surface area contributed by atoms with Crippen molar-refractivity contribution in [3.63, 3.8) is 0 Å². The minimum absolute atomic E-state index is 0.0249. The van der Waals surface area contributed by atoms with Crippen molar-refractivity contribution in [2.45, 2.75) is 19.5 Å². The average molecular weight is 233 g/mol. The maximum Gasteiger partial charge on any atom is 0.230 e. The number of hydrogen-bond donors (Lipinski definition) is 2. The van der Waals surface area contributed by atoms with Crippen LogP contribution in [0.25, 0.3) is 0 Å². The first-order valence-electron chi connectivity index (χ1n) is 5.48. The predicted octanol–water partition coefficient (Wildman–Crippen LogP) is 1.20. The number of rotatable bonds is 5. The molecule has 0 aliphatic heterocycles. The Morgan fingerprint density at radius 1 is 1.29 bits per heavy atom. The van der Waals surface area contributed by atoms with Gasteiger partial charge < -0.3 is 9.52 Å². The van der Waals surface area contributed by atoms with Crippen molar-refractivity contribution >= 4 is 0 Å². The Kier molecular flexibility index (Phi) is 3.85. The summed E-state index contributed by atoms with van der Waals surface area (Å²) >= 11 is 0. The second kappa shape index (κ2) is 5.56. The lowest BCUT2D eigenvalue weighted by atomic mass is 10.1. The largest absolute Gasteiger partial charge is 0.424 e. The van der Waals surface area contributed by atoms with Crippen LogP contribution in [0.2, 0.25) is 0 Å². The smallest absolute Gasteiger partial charge is 0.230 e. The molecule has 0 bridgehead atoms. The zero-order valence-corrected chi connectivity index (χ0v) is 9.63. The van der Waals surface area contributed by atoms with Gasteiger partial charge in [0.25, 0.3) is 0 Å². The van der Waals surface area contributed by atoms with E-state index in [2.05, 4.69) is 15.5 Å². The number of aromatic nitrogens is 2. The van der Waals surface area contributed by atoms with Crippen molar-refractivity contribution in [1.29, 1.82) is 0 Å². The Morgan fingerprint density at radius 3 is 2.65 bits per heavy atom. The monoisotopic (exact) mass is 233 g/mol. The van der Waals surface area contributed by atoms with Crippen LogP contribution in [-0.2, 0) is 6.54 Å². The Hall–Kier alpha value is -1.72. The number of benzene rings is 1. The summed E-state index contributed by atoms with van der Waals surface area (Å²) in [5.74, 6) is 1.07. The molecule has 5 nitrogen and oxygen atoms in total. The van der Waals surface area contributed by atoms with E-state index in [0.717, 1.165) is 5.56 Å². The molecule has 17 heavy (non-hydrogen) atoms. The summed E-state index contributed by atoms with van der Waals surface area (Å²) < 4.78 is 5.25. The van der Waals surface area contributed by atoms with Crippen LogP contribution in [0, 0.1) is 6.92 Å². The van der Waals surface area contributed by atoms with Crippen LogP contribution in [0.4, 0.5) is 0 Å². The van der Waals surface area contributed by atoms with E-state index in [1.165, 1.54) is 0 Å². The van der Waals surface area contributed by atoms with Crippen LogP contribution in [0.5, 0.6) is 0 Å². The van der Waals surface area contributed by atoms with Crippen molar-refractivity contribution in [2.75, 3.05) is 6.61 Å². The van der Waals surface area contributed by atoms with Crippen molar-refractivity contribution in [1.82, 2.24) is 15.5 Å². The van der Waals surface area contributed by atoms with Gasteiger partial charge in [0.2, 0.25) is 11.8 Å². The lowest BCUT2D eigenvalue weighted by Gasteiger charge is -2.15. The molecule has 0 aliphatic carbocycles. The van der Waals surface area contributed by atoms with Crippen molar-refractivity contribution < 1.29 is 9.52 Å². The Morgan fingerprint density at radius 2 is 2.06 bits per heavy atom. The second-order valence-corrected chi connectivity index (χ2v) is 3.74. The molecule has 0 radical (unpaired) electrons. The second-order valence-electron chi connectivity index (χ2n) is 3.74. The highest BCUT2D eigenvalue weighted by atomic mass is 16.4. The quantitative estimate of drug-likeness (QED) is 0.812. The normalized spacial score (nSPS) is 12.6. The summed E-state index contributed by atoms with van der Waals surface area (Å²) in [7, 11) is 0. The summed E-state index contributed by atoms with van der Waals surface area (Å²) in [6.45, 7) is 2.22. The molecule has 2 rings (SSSR count). The van der Waals surface area contributed by atoms with Gasteiger partial charge in [-0.05, 0) is 5.56 Å². The van der Waals surface area contributed by atoms with Gasteiger partial charge in [0.15, 0.2) is 0 Å². The maximum atomic E-state index is 9.33. The lowest BCUT2D eigenvalue weighted by molar-refractivity contribution is 0.240. The van der Waals surface area contributed by atoms with Gasteiger partial charge in [0.05, 0.1) is 19.2 Å². The predicted molar refractivity (Wildman–Crippen MR) is 62.1 cm³/mol. The van der Waals surface area contributed by atoms with Gasteiger partial charge in [-0.3, -0.25) is 5.32 Å². The molecule has 1 aromatic carbocycles. The van der Waals surface area contributed by atoms with E-state index in [1.807, 2.05) is 30.3 Å². The first-order chi connectivity index (χ1) is 8.29. The third kappa shape index (κ3) is 3.12. The average Bonchev–Trinajstić information content (AvgIpc) is 2.77. The van der Waals surface area contributed by atoms with Gasteiger partial charge >= 0.3 is 0 Å². The molecule has 0 saturated heterocycles. The van der Waals surface area contributed by atoms with Crippen LogP contribution < -0.4 is 5.32 Å².